The highest BCUT2D eigenvalue weighted by atomic mass is 19.4. The summed E-state index contributed by atoms with van der Waals surface area (Å²) in [6.07, 6.45) is -4.47. The van der Waals surface area contributed by atoms with Gasteiger partial charge in [-0.1, -0.05) is 0 Å². The largest absolute Gasteiger partial charge is 0.480 e. The molecule has 1 rings (SSSR count). The molecule has 110 valence electrons. The van der Waals surface area contributed by atoms with Crippen LogP contribution < -0.4 is 0 Å². The maximum absolute atomic E-state index is 12.5. The lowest BCUT2D eigenvalue weighted by atomic mass is 9.96. The zero-order chi connectivity index (χ0) is 14.6. The first-order valence-electron chi connectivity index (χ1n) is 6.08. The first kappa shape index (κ1) is 15.6. The minimum absolute atomic E-state index is 0.0130. The van der Waals surface area contributed by atoms with Crippen LogP contribution in [0, 0.1) is 5.92 Å². The Hall–Kier alpha value is -1.47. The van der Waals surface area contributed by atoms with Gasteiger partial charge in [-0.05, 0) is 19.8 Å². The summed E-state index contributed by atoms with van der Waals surface area (Å²) in [5.41, 5.74) is 0. The number of piperidine rings is 1. The normalized spacial score (nSPS) is 17.4. The molecule has 0 saturated carbocycles. The van der Waals surface area contributed by atoms with Crippen LogP contribution in [-0.4, -0.2) is 59.3 Å². The first-order chi connectivity index (χ1) is 8.75. The summed E-state index contributed by atoms with van der Waals surface area (Å²) in [5, 5.41) is 8.65. The molecule has 1 aliphatic heterocycles. The van der Waals surface area contributed by atoms with E-state index in [0.717, 1.165) is 4.90 Å². The summed E-state index contributed by atoms with van der Waals surface area (Å²) in [6, 6.07) is -0.509. The summed E-state index contributed by atoms with van der Waals surface area (Å²) in [6.45, 7) is 1.43. The molecule has 8 heteroatoms. The number of alkyl halides is 3. The van der Waals surface area contributed by atoms with Gasteiger partial charge in [0.25, 0.3) is 0 Å². The minimum atomic E-state index is -4.22. The molecule has 19 heavy (non-hydrogen) atoms. The van der Waals surface area contributed by atoms with Gasteiger partial charge in [-0.3, -0.25) is 4.79 Å². The third-order valence-corrected chi connectivity index (χ3v) is 3.21. The molecule has 5 nitrogen and oxygen atoms in total. The summed E-state index contributed by atoms with van der Waals surface area (Å²) < 4.78 is 37.4. The standard InChI is InChI=1S/C11H17F3N2O3/c1-2-15(7-9(17)18)10(19)16-5-3-8(4-6-16)11(12,13)14/h8H,2-7H2,1H3,(H,17,18). The molecule has 0 atom stereocenters. The number of hydrogen-bond donors (Lipinski definition) is 1. The fourth-order valence-electron chi connectivity index (χ4n) is 2.08. The van der Waals surface area contributed by atoms with E-state index in [1.54, 1.807) is 6.92 Å². The number of rotatable bonds is 3. The number of halogens is 3. The number of likely N-dealkylation sites (tertiary alicyclic amines) is 1. The van der Waals surface area contributed by atoms with E-state index in [9.17, 15) is 22.8 Å². The second kappa shape index (κ2) is 6.12. The highest BCUT2D eigenvalue weighted by Crippen LogP contribution is 2.34. The molecule has 1 heterocycles. The Morgan fingerprint density at radius 3 is 2.21 bits per heavy atom. The Kier molecular flexibility index (Phi) is 5.02. The van der Waals surface area contributed by atoms with E-state index in [4.69, 9.17) is 5.11 Å². The second-order valence-electron chi connectivity index (χ2n) is 4.49. The monoisotopic (exact) mass is 282 g/mol. The Balaban J connectivity index is 2.54. The Morgan fingerprint density at radius 2 is 1.84 bits per heavy atom. The Labute approximate surface area is 109 Å². The highest BCUT2D eigenvalue weighted by molar-refractivity contribution is 5.80. The van der Waals surface area contributed by atoms with E-state index in [2.05, 4.69) is 0 Å². The number of carboxylic acid groups (broad SMARTS) is 1. The van der Waals surface area contributed by atoms with E-state index in [-0.39, 0.29) is 32.5 Å². The molecular weight excluding hydrogens is 265 g/mol. The molecule has 1 saturated heterocycles. The number of hydrogen-bond acceptors (Lipinski definition) is 2. The zero-order valence-electron chi connectivity index (χ0n) is 10.6. The molecule has 0 radical (unpaired) electrons. The van der Waals surface area contributed by atoms with Crippen molar-refractivity contribution < 1.29 is 27.9 Å². The first-order valence-corrected chi connectivity index (χ1v) is 6.08. The molecule has 0 aliphatic carbocycles. The number of amides is 2. The predicted octanol–water partition coefficient (Wildman–Crippen LogP) is 1.79. The highest BCUT2D eigenvalue weighted by Gasteiger charge is 2.42. The Bertz CT molecular complexity index is 339. The van der Waals surface area contributed by atoms with Gasteiger partial charge in [0.1, 0.15) is 6.54 Å². The van der Waals surface area contributed by atoms with Crippen LogP contribution in [0.25, 0.3) is 0 Å². The second-order valence-corrected chi connectivity index (χ2v) is 4.49. The van der Waals surface area contributed by atoms with Crippen LogP contribution in [0.1, 0.15) is 19.8 Å². The van der Waals surface area contributed by atoms with Crippen molar-refractivity contribution in [2.24, 2.45) is 5.92 Å². The molecule has 0 bridgehead atoms. The van der Waals surface area contributed by atoms with Crippen LogP contribution in [0.4, 0.5) is 18.0 Å². The lowest BCUT2D eigenvalue weighted by molar-refractivity contribution is -0.183. The number of likely N-dealkylation sites (N-methyl/N-ethyl adjacent to an activating group) is 1. The maximum Gasteiger partial charge on any atom is 0.391 e. The number of carbonyl (C=O) groups excluding carboxylic acids is 1. The topological polar surface area (TPSA) is 60.9 Å². The van der Waals surface area contributed by atoms with Crippen LogP contribution in [0.15, 0.2) is 0 Å². The SMILES string of the molecule is CCN(CC(=O)O)C(=O)N1CCC(C(F)(F)F)CC1. The summed E-state index contributed by atoms with van der Waals surface area (Å²) in [4.78, 5) is 24.9. The van der Waals surface area contributed by atoms with Gasteiger partial charge < -0.3 is 14.9 Å². The fraction of sp³-hybridized carbons (Fsp3) is 0.818. The van der Waals surface area contributed by atoms with Gasteiger partial charge in [0.2, 0.25) is 0 Å². The van der Waals surface area contributed by atoms with Crippen molar-refractivity contribution in [1.82, 2.24) is 9.80 Å². The molecule has 0 aromatic rings. The smallest absolute Gasteiger partial charge is 0.391 e. The van der Waals surface area contributed by atoms with Crippen molar-refractivity contribution in [3.63, 3.8) is 0 Å². The fourth-order valence-corrected chi connectivity index (χ4v) is 2.08. The van der Waals surface area contributed by atoms with Crippen molar-refractivity contribution in [1.29, 1.82) is 0 Å². The van der Waals surface area contributed by atoms with Crippen molar-refractivity contribution in [3.05, 3.63) is 0 Å². The van der Waals surface area contributed by atoms with Gasteiger partial charge in [-0.15, -0.1) is 0 Å². The van der Waals surface area contributed by atoms with Gasteiger partial charge in [0, 0.05) is 19.6 Å². The molecule has 2 amide bonds. The quantitative estimate of drug-likeness (QED) is 0.858. The van der Waals surface area contributed by atoms with Crippen molar-refractivity contribution in [2.45, 2.75) is 25.9 Å². The van der Waals surface area contributed by atoms with E-state index < -0.39 is 30.6 Å². The predicted molar refractivity (Wildman–Crippen MR) is 60.6 cm³/mol. The van der Waals surface area contributed by atoms with Gasteiger partial charge in [-0.2, -0.15) is 13.2 Å². The summed E-state index contributed by atoms with van der Waals surface area (Å²) in [5.74, 6) is -2.51. The molecule has 0 unspecified atom stereocenters. The number of carboxylic acids is 1. The van der Waals surface area contributed by atoms with Crippen LogP contribution in [-0.2, 0) is 4.79 Å². The summed E-state index contributed by atoms with van der Waals surface area (Å²) >= 11 is 0. The van der Waals surface area contributed by atoms with E-state index >= 15 is 0 Å². The molecule has 0 spiro atoms. The van der Waals surface area contributed by atoms with Crippen LogP contribution in [0.3, 0.4) is 0 Å². The van der Waals surface area contributed by atoms with E-state index in [0.29, 0.717) is 0 Å². The third kappa shape index (κ3) is 4.29. The van der Waals surface area contributed by atoms with Gasteiger partial charge >= 0.3 is 18.2 Å². The molecule has 1 aliphatic rings. The zero-order valence-corrected chi connectivity index (χ0v) is 10.6. The minimum Gasteiger partial charge on any atom is -0.480 e. The lowest BCUT2D eigenvalue weighted by Gasteiger charge is -2.35. The number of urea groups is 1. The average Bonchev–Trinajstić information content (AvgIpc) is 2.34. The van der Waals surface area contributed by atoms with E-state index in [1.165, 1.54) is 4.90 Å². The van der Waals surface area contributed by atoms with Gasteiger partial charge in [-0.25, -0.2) is 4.79 Å². The van der Waals surface area contributed by atoms with Crippen molar-refractivity contribution in [3.8, 4) is 0 Å². The molecule has 1 N–H and O–H groups in total. The van der Waals surface area contributed by atoms with Crippen molar-refractivity contribution in [2.75, 3.05) is 26.2 Å². The van der Waals surface area contributed by atoms with E-state index in [1.807, 2.05) is 0 Å². The van der Waals surface area contributed by atoms with Crippen LogP contribution in [0.2, 0.25) is 0 Å². The third-order valence-electron chi connectivity index (χ3n) is 3.21. The lowest BCUT2D eigenvalue weighted by Crippen LogP contribution is -2.49. The van der Waals surface area contributed by atoms with Crippen LogP contribution in [0.5, 0.6) is 0 Å². The number of nitrogens with zero attached hydrogens (tertiary/aromatic N) is 2. The molecule has 0 aromatic carbocycles. The summed E-state index contributed by atoms with van der Waals surface area (Å²) in [7, 11) is 0. The maximum atomic E-state index is 12.5. The average molecular weight is 282 g/mol. The molecular formula is C11H17F3N2O3. The number of aliphatic carboxylic acids is 1. The Morgan fingerprint density at radius 1 is 1.32 bits per heavy atom. The van der Waals surface area contributed by atoms with Gasteiger partial charge in [0.15, 0.2) is 0 Å². The molecule has 0 aromatic heterocycles. The molecule has 1 fully saturated rings. The van der Waals surface area contributed by atoms with Crippen molar-refractivity contribution >= 4 is 12.0 Å². The number of carbonyl (C=O) groups is 2. The van der Waals surface area contributed by atoms with Crippen LogP contribution >= 0.6 is 0 Å². The van der Waals surface area contributed by atoms with Gasteiger partial charge in [0.05, 0.1) is 5.92 Å².